The van der Waals surface area contributed by atoms with E-state index in [-0.39, 0.29) is 16.3 Å². The van der Waals surface area contributed by atoms with Gasteiger partial charge in [0.2, 0.25) is 0 Å². The van der Waals surface area contributed by atoms with E-state index in [0.717, 1.165) is 24.3 Å². The van der Waals surface area contributed by atoms with Crippen molar-refractivity contribution in [1.82, 2.24) is 0 Å². The zero-order valence-corrected chi connectivity index (χ0v) is 11.7. The van der Waals surface area contributed by atoms with Crippen LogP contribution >= 0.6 is 0 Å². The van der Waals surface area contributed by atoms with Gasteiger partial charge in [-0.1, -0.05) is 6.07 Å². The van der Waals surface area contributed by atoms with Gasteiger partial charge < -0.3 is 0 Å². The Hall–Kier alpha value is -2.48. The van der Waals surface area contributed by atoms with E-state index in [4.69, 9.17) is 0 Å². The van der Waals surface area contributed by atoms with Crippen molar-refractivity contribution in [3.8, 4) is 0 Å². The van der Waals surface area contributed by atoms with Crippen LogP contribution in [0.2, 0.25) is 0 Å². The lowest BCUT2D eigenvalue weighted by Gasteiger charge is -2.09. The summed E-state index contributed by atoms with van der Waals surface area (Å²) in [4.78, 5) is 10.1. The van der Waals surface area contributed by atoms with Gasteiger partial charge in [0.15, 0.2) is 0 Å². The Bertz CT molecular complexity index is 788. The number of hydrogen-bond acceptors (Lipinski definition) is 4. The maximum Gasteiger partial charge on any atom is 0.293 e. The van der Waals surface area contributed by atoms with Crippen LogP contribution in [-0.4, -0.2) is 13.3 Å². The lowest BCUT2D eigenvalue weighted by atomic mass is 10.2. The highest BCUT2D eigenvalue weighted by Crippen LogP contribution is 2.27. The van der Waals surface area contributed by atoms with E-state index in [1.54, 1.807) is 13.0 Å². The van der Waals surface area contributed by atoms with Crippen LogP contribution in [0.25, 0.3) is 0 Å². The lowest BCUT2D eigenvalue weighted by Crippen LogP contribution is -2.14. The van der Waals surface area contributed by atoms with Gasteiger partial charge in [-0.15, -0.1) is 0 Å². The zero-order chi connectivity index (χ0) is 15.6. The second-order valence-corrected chi connectivity index (χ2v) is 6.02. The molecule has 2 rings (SSSR count). The van der Waals surface area contributed by atoms with Gasteiger partial charge in [-0.05, 0) is 42.8 Å². The van der Waals surface area contributed by atoms with Crippen molar-refractivity contribution in [1.29, 1.82) is 0 Å². The maximum absolute atomic E-state index is 12.8. The molecule has 0 fully saturated rings. The molecular weight excluding hydrogens is 299 g/mol. The van der Waals surface area contributed by atoms with Gasteiger partial charge in [-0.3, -0.25) is 14.8 Å². The lowest BCUT2D eigenvalue weighted by molar-refractivity contribution is -0.383. The van der Waals surface area contributed by atoms with Crippen molar-refractivity contribution in [3.05, 3.63) is 64.0 Å². The minimum atomic E-state index is -4.02. The van der Waals surface area contributed by atoms with Crippen LogP contribution in [-0.2, 0) is 10.0 Å². The SMILES string of the molecule is Cc1ccc(NS(=O)(=O)c2ccc(F)cc2)c([N+](=O)[O-])c1. The van der Waals surface area contributed by atoms with E-state index < -0.39 is 20.8 Å². The predicted molar refractivity (Wildman–Crippen MR) is 75.0 cm³/mol. The summed E-state index contributed by atoms with van der Waals surface area (Å²) in [5.41, 5.74) is 0.141. The Morgan fingerprint density at radius 2 is 1.76 bits per heavy atom. The smallest absolute Gasteiger partial charge is 0.273 e. The van der Waals surface area contributed by atoms with Gasteiger partial charge in [0.05, 0.1) is 9.82 Å². The molecule has 0 saturated carbocycles. The summed E-state index contributed by atoms with van der Waals surface area (Å²) in [7, 11) is -4.02. The third-order valence-electron chi connectivity index (χ3n) is 2.72. The summed E-state index contributed by atoms with van der Waals surface area (Å²) in [5, 5.41) is 11.0. The number of sulfonamides is 1. The fourth-order valence-corrected chi connectivity index (χ4v) is 2.77. The second kappa shape index (κ2) is 5.49. The van der Waals surface area contributed by atoms with Crippen molar-refractivity contribution in [2.45, 2.75) is 11.8 Å². The minimum absolute atomic E-state index is 0.144. The molecule has 0 aliphatic rings. The van der Waals surface area contributed by atoms with Crippen molar-refractivity contribution >= 4 is 21.4 Å². The Morgan fingerprint density at radius 3 is 2.33 bits per heavy atom. The number of nitro groups is 1. The summed E-state index contributed by atoms with van der Waals surface area (Å²) < 4.78 is 39.2. The number of anilines is 1. The largest absolute Gasteiger partial charge is 0.293 e. The first kappa shape index (κ1) is 14.9. The highest BCUT2D eigenvalue weighted by molar-refractivity contribution is 7.92. The molecule has 0 unspecified atom stereocenters. The zero-order valence-electron chi connectivity index (χ0n) is 10.9. The Morgan fingerprint density at radius 1 is 1.14 bits per heavy atom. The molecule has 0 amide bonds. The third-order valence-corrected chi connectivity index (χ3v) is 4.10. The molecule has 0 aromatic heterocycles. The molecule has 8 heteroatoms. The average molecular weight is 310 g/mol. The first-order valence-corrected chi connectivity index (χ1v) is 7.31. The molecule has 6 nitrogen and oxygen atoms in total. The number of aryl methyl sites for hydroxylation is 1. The summed E-state index contributed by atoms with van der Waals surface area (Å²) in [6, 6.07) is 8.29. The Kier molecular flexibility index (Phi) is 3.90. The average Bonchev–Trinajstić information content (AvgIpc) is 2.41. The summed E-state index contributed by atoms with van der Waals surface area (Å²) in [6.45, 7) is 1.66. The highest BCUT2D eigenvalue weighted by Gasteiger charge is 2.20. The summed E-state index contributed by atoms with van der Waals surface area (Å²) in [6.07, 6.45) is 0. The van der Waals surface area contributed by atoms with Gasteiger partial charge in [0.25, 0.3) is 15.7 Å². The quantitative estimate of drug-likeness (QED) is 0.694. The topological polar surface area (TPSA) is 89.3 Å². The van der Waals surface area contributed by atoms with Crippen LogP contribution in [0.1, 0.15) is 5.56 Å². The van der Waals surface area contributed by atoms with Crippen molar-refractivity contribution in [2.24, 2.45) is 0 Å². The molecule has 2 aromatic rings. The number of hydrogen-bond donors (Lipinski definition) is 1. The Balaban J connectivity index is 2.41. The van der Waals surface area contributed by atoms with E-state index >= 15 is 0 Å². The number of rotatable bonds is 4. The second-order valence-electron chi connectivity index (χ2n) is 4.34. The molecule has 0 radical (unpaired) electrons. The molecule has 0 saturated heterocycles. The number of benzene rings is 2. The molecular formula is C13H11FN2O4S. The monoisotopic (exact) mass is 310 g/mol. The molecule has 0 aliphatic heterocycles. The van der Waals surface area contributed by atoms with E-state index in [9.17, 15) is 22.9 Å². The van der Waals surface area contributed by atoms with Crippen LogP contribution in [0.5, 0.6) is 0 Å². The van der Waals surface area contributed by atoms with Gasteiger partial charge in [0.1, 0.15) is 11.5 Å². The molecule has 0 heterocycles. The van der Waals surface area contributed by atoms with E-state index in [0.29, 0.717) is 5.56 Å². The Labute approximate surface area is 120 Å². The van der Waals surface area contributed by atoms with Gasteiger partial charge >= 0.3 is 0 Å². The van der Waals surface area contributed by atoms with Crippen LogP contribution in [0.15, 0.2) is 47.4 Å². The minimum Gasteiger partial charge on any atom is -0.273 e. The molecule has 0 atom stereocenters. The maximum atomic E-state index is 12.8. The molecule has 2 aromatic carbocycles. The van der Waals surface area contributed by atoms with E-state index in [1.165, 1.54) is 12.1 Å². The number of halogens is 1. The first-order chi connectivity index (χ1) is 9.79. The van der Waals surface area contributed by atoms with Crippen LogP contribution in [0, 0.1) is 22.9 Å². The van der Waals surface area contributed by atoms with E-state index in [1.807, 2.05) is 0 Å². The van der Waals surface area contributed by atoms with Gasteiger partial charge in [0, 0.05) is 6.07 Å². The fraction of sp³-hybridized carbons (Fsp3) is 0.0769. The van der Waals surface area contributed by atoms with E-state index in [2.05, 4.69) is 4.72 Å². The number of nitro benzene ring substituents is 1. The highest BCUT2D eigenvalue weighted by atomic mass is 32.2. The number of nitrogens with zero attached hydrogens (tertiary/aromatic N) is 1. The normalized spacial score (nSPS) is 11.1. The molecule has 0 bridgehead atoms. The predicted octanol–water partition coefficient (Wildman–Crippen LogP) is 2.84. The van der Waals surface area contributed by atoms with Gasteiger partial charge in [-0.2, -0.15) is 0 Å². The molecule has 1 N–H and O–H groups in total. The fourth-order valence-electron chi connectivity index (χ4n) is 1.70. The van der Waals surface area contributed by atoms with Crippen molar-refractivity contribution in [2.75, 3.05) is 4.72 Å². The van der Waals surface area contributed by atoms with Gasteiger partial charge in [-0.25, -0.2) is 12.8 Å². The van der Waals surface area contributed by atoms with Crippen LogP contribution in [0.3, 0.4) is 0 Å². The summed E-state index contributed by atoms with van der Waals surface area (Å²) >= 11 is 0. The standard InChI is InChI=1S/C13H11FN2O4S/c1-9-2-7-12(13(8-9)16(17)18)15-21(19,20)11-5-3-10(14)4-6-11/h2-8,15H,1H3. The molecule has 110 valence electrons. The third kappa shape index (κ3) is 3.34. The first-order valence-electron chi connectivity index (χ1n) is 5.83. The van der Waals surface area contributed by atoms with Crippen molar-refractivity contribution in [3.63, 3.8) is 0 Å². The van der Waals surface area contributed by atoms with Crippen LogP contribution < -0.4 is 4.72 Å². The molecule has 0 spiro atoms. The molecule has 21 heavy (non-hydrogen) atoms. The van der Waals surface area contributed by atoms with Crippen molar-refractivity contribution < 1.29 is 17.7 Å². The molecule has 0 aliphatic carbocycles. The summed E-state index contributed by atoms with van der Waals surface area (Å²) in [5.74, 6) is -0.574. The number of nitrogens with one attached hydrogen (secondary N) is 1. The van der Waals surface area contributed by atoms with Crippen LogP contribution in [0.4, 0.5) is 15.8 Å².